The average Bonchev–Trinajstić information content (AvgIpc) is 2.63. The molecule has 2 atom stereocenters. The van der Waals surface area contributed by atoms with Gasteiger partial charge in [-0.05, 0) is 41.0 Å². The molecule has 0 aromatic rings. The Morgan fingerprint density at radius 1 is 1.19 bits per heavy atom. The van der Waals surface area contributed by atoms with E-state index in [-0.39, 0.29) is 36.6 Å². The molecule has 1 amide bonds. The first kappa shape index (κ1) is 30.1. The fourth-order valence-corrected chi connectivity index (χ4v) is 3.15. The molecule has 1 aliphatic rings. The first-order chi connectivity index (χ1) is 14.0. The predicted octanol–water partition coefficient (Wildman–Crippen LogP) is 1.94. The number of nitrogens with zero attached hydrogens (tertiary/aromatic N) is 2. The molecule has 2 unspecified atom stereocenters. The van der Waals surface area contributed by atoms with Crippen LogP contribution >= 0.6 is 24.0 Å². The van der Waals surface area contributed by atoms with Gasteiger partial charge in [-0.2, -0.15) is 0 Å². The standard InChI is InChI=1S/C21H43N5O4.HI/c1-7-9-17(25-19(27)30-20(3,4)5)14-23-18(22-8-2)24-15-21(6,28)16-26-10-12-29-13-11-26;/h17,28H,7-16H2,1-6H3,(H,25,27)(H2,22,23,24);1H. The first-order valence-corrected chi connectivity index (χ1v) is 11.1. The van der Waals surface area contributed by atoms with Crippen molar-refractivity contribution in [3.63, 3.8) is 0 Å². The maximum Gasteiger partial charge on any atom is 0.407 e. The normalized spacial score (nSPS) is 18.4. The Bertz CT molecular complexity index is 534. The number of halogens is 1. The highest BCUT2D eigenvalue weighted by molar-refractivity contribution is 14.0. The summed E-state index contributed by atoms with van der Waals surface area (Å²) in [7, 11) is 0. The summed E-state index contributed by atoms with van der Waals surface area (Å²) in [6, 6.07) is -0.0810. The number of carbonyl (C=O) groups is 1. The number of morpholine rings is 1. The zero-order valence-corrected chi connectivity index (χ0v) is 22.5. The summed E-state index contributed by atoms with van der Waals surface area (Å²) in [5, 5.41) is 20.2. The van der Waals surface area contributed by atoms with E-state index in [0.29, 0.717) is 38.8 Å². The molecule has 4 N–H and O–H groups in total. The molecule has 31 heavy (non-hydrogen) atoms. The number of aliphatic hydroxyl groups is 1. The van der Waals surface area contributed by atoms with E-state index in [0.717, 1.165) is 25.9 Å². The van der Waals surface area contributed by atoms with Crippen molar-refractivity contribution in [3.8, 4) is 0 Å². The molecular formula is C21H44IN5O4. The molecule has 0 aromatic carbocycles. The second-order valence-electron chi connectivity index (χ2n) is 9.09. The predicted molar refractivity (Wildman–Crippen MR) is 135 cm³/mol. The van der Waals surface area contributed by atoms with Crippen molar-refractivity contribution >= 4 is 36.0 Å². The van der Waals surface area contributed by atoms with E-state index in [1.807, 2.05) is 27.7 Å². The molecule has 184 valence electrons. The number of alkyl carbamates (subject to hydrolysis) is 1. The van der Waals surface area contributed by atoms with Gasteiger partial charge in [0.2, 0.25) is 0 Å². The molecule has 0 aliphatic carbocycles. The number of ether oxygens (including phenoxy) is 2. The van der Waals surface area contributed by atoms with Gasteiger partial charge in [0.05, 0.1) is 25.4 Å². The summed E-state index contributed by atoms with van der Waals surface area (Å²) < 4.78 is 10.7. The number of hydrogen-bond donors (Lipinski definition) is 4. The Hall–Kier alpha value is -0.850. The van der Waals surface area contributed by atoms with Crippen LogP contribution in [0.15, 0.2) is 4.99 Å². The largest absolute Gasteiger partial charge is 0.444 e. The lowest BCUT2D eigenvalue weighted by Gasteiger charge is -2.33. The zero-order valence-electron chi connectivity index (χ0n) is 20.1. The maximum atomic E-state index is 12.1. The SMILES string of the molecule is CCCC(CNC(=NCC(C)(O)CN1CCOCC1)NCC)NC(=O)OC(C)(C)C.I. The van der Waals surface area contributed by atoms with Crippen LogP contribution in [0.4, 0.5) is 4.79 Å². The molecule has 0 aromatic heterocycles. The van der Waals surface area contributed by atoms with Crippen molar-refractivity contribution in [1.82, 2.24) is 20.9 Å². The quantitative estimate of drug-likeness (QED) is 0.185. The lowest BCUT2D eigenvalue weighted by molar-refractivity contribution is -0.0180. The van der Waals surface area contributed by atoms with Gasteiger partial charge in [-0.1, -0.05) is 13.3 Å². The second kappa shape index (κ2) is 15.1. The van der Waals surface area contributed by atoms with Gasteiger partial charge in [0.1, 0.15) is 5.60 Å². The number of β-amino-alcohol motifs (C(OH)–C–C–N with tert-alkyl or cyclic N) is 1. The van der Waals surface area contributed by atoms with Gasteiger partial charge in [0, 0.05) is 38.8 Å². The molecule has 0 bridgehead atoms. The van der Waals surface area contributed by atoms with E-state index >= 15 is 0 Å². The lowest BCUT2D eigenvalue weighted by Crippen LogP contribution is -2.50. The number of carbonyl (C=O) groups excluding carboxylic acids is 1. The highest BCUT2D eigenvalue weighted by Gasteiger charge is 2.25. The van der Waals surface area contributed by atoms with Crippen LogP contribution in [0.3, 0.4) is 0 Å². The average molecular weight is 558 g/mol. The van der Waals surface area contributed by atoms with Gasteiger partial charge >= 0.3 is 6.09 Å². The van der Waals surface area contributed by atoms with Crippen molar-refractivity contribution in [2.75, 3.05) is 52.5 Å². The fourth-order valence-electron chi connectivity index (χ4n) is 3.15. The molecule has 1 rings (SSSR count). The van der Waals surface area contributed by atoms with Crippen LogP contribution in [-0.2, 0) is 9.47 Å². The minimum atomic E-state index is -0.933. The number of aliphatic imine (C=N–C) groups is 1. The van der Waals surface area contributed by atoms with Crippen LogP contribution in [0.5, 0.6) is 0 Å². The summed E-state index contributed by atoms with van der Waals surface area (Å²) in [5.74, 6) is 0.617. The molecule has 0 spiro atoms. The Morgan fingerprint density at radius 3 is 2.39 bits per heavy atom. The molecule has 0 radical (unpaired) electrons. The highest BCUT2D eigenvalue weighted by atomic mass is 127. The van der Waals surface area contributed by atoms with E-state index in [4.69, 9.17) is 9.47 Å². The van der Waals surface area contributed by atoms with E-state index in [9.17, 15) is 9.90 Å². The molecule has 1 heterocycles. The van der Waals surface area contributed by atoms with E-state index in [1.54, 1.807) is 6.92 Å². The molecular weight excluding hydrogens is 513 g/mol. The van der Waals surface area contributed by atoms with Crippen LogP contribution in [0, 0.1) is 0 Å². The summed E-state index contributed by atoms with van der Waals surface area (Å²) in [6.07, 6.45) is 1.34. The monoisotopic (exact) mass is 557 g/mol. The summed E-state index contributed by atoms with van der Waals surface area (Å²) in [5.41, 5.74) is -1.46. The van der Waals surface area contributed by atoms with Crippen molar-refractivity contribution in [3.05, 3.63) is 0 Å². The smallest absolute Gasteiger partial charge is 0.407 e. The highest BCUT2D eigenvalue weighted by Crippen LogP contribution is 2.10. The van der Waals surface area contributed by atoms with Crippen LogP contribution in [0.25, 0.3) is 0 Å². The molecule has 9 nitrogen and oxygen atoms in total. The molecule has 0 saturated carbocycles. The van der Waals surface area contributed by atoms with Crippen LogP contribution < -0.4 is 16.0 Å². The Kier molecular flexibility index (Phi) is 14.7. The third kappa shape index (κ3) is 14.8. The van der Waals surface area contributed by atoms with Gasteiger partial charge in [-0.3, -0.25) is 9.89 Å². The first-order valence-electron chi connectivity index (χ1n) is 11.1. The van der Waals surface area contributed by atoms with E-state index < -0.39 is 17.3 Å². The number of amides is 1. The number of guanidine groups is 1. The Morgan fingerprint density at radius 2 is 1.84 bits per heavy atom. The topological polar surface area (TPSA) is 107 Å². The number of rotatable bonds is 10. The molecule has 1 fully saturated rings. The lowest BCUT2D eigenvalue weighted by atomic mass is 10.1. The maximum absolute atomic E-state index is 12.1. The zero-order chi connectivity index (χ0) is 22.6. The van der Waals surface area contributed by atoms with Crippen molar-refractivity contribution in [2.45, 2.75) is 71.6 Å². The minimum Gasteiger partial charge on any atom is -0.444 e. The van der Waals surface area contributed by atoms with Gasteiger partial charge in [0.25, 0.3) is 0 Å². The second-order valence-corrected chi connectivity index (χ2v) is 9.09. The summed E-state index contributed by atoms with van der Waals surface area (Å²) in [6.45, 7) is 16.5. The van der Waals surface area contributed by atoms with Gasteiger partial charge in [-0.15, -0.1) is 24.0 Å². The molecule has 1 saturated heterocycles. The van der Waals surface area contributed by atoms with Crippen LogP contribution in [0.2, 0.25) is 0 Å². The summed E-state index contributed by atoms with van der Waals surface area (Å²) in [4.78, 5) is 18.9. The van der Waals surface area contributed by atoms with Gasteiger partial charge in [0.15, 0.2) is 5.96 Å². The minimum absolute atomic E-state index is 0. The Labute approximate surface area is 205 Å². The van der Waals surface area contributed by atoms with Crippen molar-refractivity contribution in [1.29, 1.82) is 0 Å². The van der Waals surface area contributed by atoms with E-state index in [1.165, 1.54) is 0 Å². The third-order valence-corrected chi connectivity index (χ3v) is 4.46. The molecule has 1 aliphatic heterocycles. The van der Waals surface area contributed by atoms with Gasteiger partial charge < -0.3 is 30.5 Å². The fraction of sp³-hybridized carbons (Fsp3) is 0.905. The molecule has 10 heteroatoms. The van der Waals surface area contributed by atoms with Crippen molar-refractivity contribution in [2.24, 2.45) is 4.99 Å². The Balaban J connectivity index is 0.00000900. The summed E-state index contributed by atoms with van der Waals surface area (Å²) >= 11 is 0. The van der Waals surface area contributed by atoms with Crippen molar-refractivity contribution < 1.29 is 19.4 Å². The van der Waals surface area contributed by atoms with Crippen LogP contribution in [-0.4, -0.2) is 91.8 Å². The number of nitrogens with one attached hydrogen (secondary N) is 3. The number of hydrogen-bond acceptors (Lipinski definition) is 6. The third-order valence-electron chi connectivity index (χ3n) is 4.46. The van der Waals surface area contributed by atoms with Crippen LogP contribution in [0.1, 0.15) is 54.4 Å². The van der Waals surface area contributed by atoms with E-state index in [2.05, 4.69) is 32.8 Å². The van der Waals surface area contributed by atoms with Gasteiger partial charge in [-0.25, -0.2) is 4.79 Å².